The highest BCUT2D eigenvalue weighted by molar-refractivity contribution is 6.04. The summed E-state index contributed by atoms with van der Waals surface area (Å²) in [7, 11) is 0. The van der Waals surface area contributed by atoms with E-state index in [-0.39, 0.29) is 29.6 Å². The summed E-state index contributed by atoms with van der Waals surface area (Å²) < 4.78 is 24.0. The van der Waals surface area contributed by atoms with Gasteiger partial charge in [-0.05, 0) is 38.3 Å². The van der Waals surface area contributed by atoms with Crippen molar-refractivity contribution in [1.29, 1.82) is 10.8 Å². The molecule has 0 radical (unpaired) electrons. The van der Waals surface area contributed by atoms with Crippen molar-refractivity contribution in [2.45, 2.75) is 34.1 Å². The number of rotatable bonds is 11. The Morgan fingerprint density at radius 2 is 1.93 bits per heavy atom. The van der Waals surface area contributed by atoms with Gasteiger partial charge in [-0.15, -0.1) is 0 Å². The van der Waals surface area contributed by atoms with Crippen LogP contribution in [0.2, 0.25) is 0 Å². The first-order valence-electron chi connectivity index (χ1n) is 9.33. The van der Waals surface area contributed by atoms with Gasteiger partial charge in [0.2, 0.25) is 11.8 Å². The quantitative estimate of drug-likeness (QED) is 0.260. The van der Waals surface area contributed by atoms with Crippen LogP contribution in [0, 0.1) is 22.7 Å². The van der Waals surface area contributed by atoms with Gasteiger partial charge in [-0.2, -0.15) is 4.39 Å². The molecule has 0 fully saturated rings. The second kappa shape index (κ2) is 11.8. The van der Waals surface area contributed by atoms with E-state index in [0.717, 1.165) is 6.42 Å². The lowest BCUT2D eigenvalue weighted by molar-refractivity contribution is 0.0764. The molecule has 0 aliphatic heterocycles. The maximum atomic E-state index is 13.4. The van der Waals surface area contributed by atoms with E-state index in [1.807, 2.05) is 13.8 Å². The highest BCUT2D eigenvalue weighted by atomic mass is 19.1. The molecule has 0 saturated carbocycles. The number of pyridine rings is 1. The first-order chi connectivity index (χ1) is 13.3. The van der Waals surface area contributed by atoms with Crippen LogP contribution in [0.4, 0.5) is 4.39 Å². The Hall–Kier alpha value is -2.77. The maximum Gasteiger partial charge on any atom is 0.272 e. The number of aromatic nitrogens is 1. The molecule has 0 aliphatic carbocycles. The lowest BCUT2D eigenvalue weighted by Gasteiger charge is -2.24. The number of halogens is 1. The fraction of sp³-hybridized carbons (Fsp3) is 0.500. The Balaban J connectivity index is 3.04. The third kappa shape index (κ3) is 7.85. The maximum absolute atomic E-state index is 13.4. The summed E-state index contributed by atoms with van der Waals surface area (Å²) in [4.78, 5) is 17.9. The second-order valence-corrected chi connectivity index (χ2v) is 6.47. The number of ether oxygens (including phenoxy) is 2. The van der Waals surface area contributed by atoms with Crippen molar-refractivity contribution in [1.82, 2.24) is 9.88 Å². The first kappa shape index (κ1) is 23.3. The number of nitrogens with one attached hydrogen (secondary N) is 2. The summed E-state index contributed by atoms with van der Waals surface area (Å²) in [5, 5.41) is 16.1. The van der Waals surface area contributed by atoms with Crippen molar-refractivity contribution in [3.63, 3.8) is 0 Å². The van der Waals surface area contributed by atoms with Crippen molar-refractivity contribution in [2.75, 3.05) is 26.3 Å². The molecule has 7 nitrogen and oxygen atoms in total. The zero-order valence-electron chi connectivity index (χ0n) is 16.9. The third-order valence-corrected chi connectivity index (χ3v) is 3.71. The highest BCUT2D eigenvalue weighted by Crippen LogP contribution is 2.11. The second-order valence-electron chi connectivity index (χ2n) is 6.47. The third-order valence-electron chi connectivity index (χ3n) is 3.71. The van der Waals surface area contributed by atoms with Gasteiger partial charge in [0, 0.05) is 12.6 Å². The Morgan fingerprint density at radius 1 is 1.25 bits per heavy atom. The Labute approximate surface area is 165 Å². The number of amides is 1. The number of nitrogens with zero attached hydrogens (tertiary/aromatic N) is 2. The van der Waals surface area contributed by atoms with E-state index in [1.165, 1.54) is 29.2 Å². The van der Waals surface area contributed by atoms with Gasteiger partial charge < -0.3 is 14.4 Å². The molecule has 0 bridgehead atoms. The van der Waals surface area contributed by atoms with Gasteiger partial charge in [-0.25, -0.2) is 4.98 Å². The topological polar surface area (TPSA) is 99.4 Å². The summed E-state index contributed by atoms with van der Waals surface area (Å²) in [5.74, 6) is -0.804. The molecule has 2 N–H and O–H groups in total. The summed E-state index contributed by atoms with van der Waals surface area (Å²) in [5.41, 5.74) is 0.0142. The Morgan fingerprint density at radius 3 is 2.50 bits per heavy atom. The van der Waals surface area contributed by atoms with E-state index < -0.39 is 11.9 Å². The number of carbonyl (C=O) groups excluding carboxylic acids is 1. The van der Waals surface area contributed by atoms with Crippen LogP contribution in [0.25, 0.3) is 0 Å². The van der Waals surface area contributed by atoms with E-state index in [4.69, 9.17) is 20.3 Å². The van der Waals surface area contributed by atoms with Crippen LogP contribution in [0.15, 0.2) is 30.0 Å². The molecule has 154 valence electrons. The summed E-state index contributed by atoms with van der Waals surface area (Å²) >= 11 is 0. The summed E-state index contributed by atoms with van der Waals surface area (Å²) in [6, 6.07) is 4.05. The van der Waals surface area contributed by atoms with E-state index in [0.29, 0.717) is 25.7 Å². The Bertz CT molecular complexity index is 719. The standard InChI is InChI=1S/C20H29FN4O3/c1-5-27-17(12-19(23)28-6-2)15(22)13-25(11-10-14(3)4)20(26)16-8-7-9-18(21)24-16/h7-9,12,14,22-23H,5-6,10-11,13H2,1-4H3/b17-12+,22-15?,23-19?. The summed E-state index contributed by atoms with van der Waals surface area (Å²) in [6.07, 6.45) is 2.04. The van der Waals surface area contributed by atoms with Gasteiger partial charge in [0.15, 0.2) is 0 Å². The molecule has 8 heteroatoms. The number of hydrogen-bond donors (Lipinski definition) is 2. The zero-order chi connectivity index (χ0) is 21.1. The van der Waals surface area contributed by atoms with Gasteiger partial charge in [-0.1, -0.05) is 19.9 Å². The highest BCUT2D eigenvalue weighted by Gasteiger charge is 2.21. The number of carbonyl (C=O) groups is 1. The first-order valence-corrected chi connectivity index (χ1v) is 9.33. The summed E-state index contributed by atoms with van der Waals surface area (Å²) in [6.45, 7) is 8.56. The molecular weight excluding hydrogens is 363 g/mol. The SMILES string of the molecule is CCOC(=N)/C=C(/OCC)C(=N)CN(CCC(C)C)C(=O)c1cccc(F)n1. The molecule has 1 aromatic heterocycles. The molecule has 1 heterocycles. The molecule has 0 atom stereocenters. The fourth-order valence-corrected chi connectivity index (χ4v) is 2.31. The average Bonchev–Trinajstić information content (AvgIpc) is 2.64. The van der Waals surface area contributed by atoms with Crippen LogP contribution in [0.1, 0.15) is 44.6 Å². The van der Waals surface area contributed by atoms with Crippen molar-refractivity contribution in [2.24, 2.45) is 5.92 Å². The van der Waals surface area contributed by atoms with Crippen molar-refractivity contribution >= 4 is 17.5 Å². The monoisotopic (exact) mass is 392 g/mol. The van der Waals surface area contributed by atoms with Crippen LogP contribution in [0.3, 0.4) is 0 Å². The molecule has 0 aromatic carbocycles. The van der Waals surface area contributed by atoms with E-state index in [2.05, 4.69) is 4.98 Å². The Kier molecular flexibility index (Phi) is 9.84. The van der Waals surface area contributed by atoms with E-state index in [1.54, 1.807) is 13.8 Å². The lowest BCUT2D eigenvalue weighted by atomic mass is 10.1. The minimum Gasteiger partial charge on any atom is -0.492 e. The smallest absolute Gasteiger partial charge is 0.272 e. The molecule has 0 aliphatic rings. The van der Waals surface area contributed by atoms with Crippen molar-refractivity contribution in [3.8, 4) is 0 Å². The molecule has 0 saturated heterocycles. The minimum atomic E-state index is -0.732. The van der Waals surface area contributed by atoms with Crippen LogP contribution < -0.4 is 0 Å². The predicted molar refractivity (Wildman–Crippen MR) is 106 cm³/mol. The average molecular weight is 392 g/mol. The largest absolute Gasteiger partial charge is 0.492 e. The van der Waals surface area contributed by atoms with Crippen molar-refractivity contribution in [3.05, 3.63) is 41.7 Å². The molecule has 28 heavy (non-hydrogen) atoms. The van der Waals surface area contributed by atoms with Gasteiger partial charge in [0.05, 0.1) is 25.5 Å². The molecule has 0 unspecified atom stereocenters. The van der Waals surface area contributed by atoms with Gasteiger partial charge in [0.25, 0.3) is 5.91 Å². The molecule has 1 aromatic rings. The predicted octanol–water partition coefficient (Wildman–Crippen LogP) is 3.66. The molecule has 1 amide bonds. The van der Waals surface area contributed by atoms with Gasteiger partial charge in [-0.3, -0.25) is 15.6 Å². The zero-order valence-corrected chi connectivity index (χ0v) is 16.9. The van der Waals surface area contributed by atoms with Gasteiger partial charge >= 0.3 is 0 Å². The van der Waals surface area contributed by atoms with Crippen LogP contribution in [-0.4, -0.2) is 53.7 Å². The van der Waals surface area contributed by atoms with Gasteiger partial charge in [0.1, 0.15) is 11.5 Å². The van der Waals surface area contributed by atoms with Crippen LogP contribution in [-0.2, 0) is 9.47 Å². The lowest BCUT2D eigenvalue weighted by Crippen LogP contribution is -2.38. The molecular formula is C20H29FN4O3. The van der Waals surface area contributed by atoms with E-state index in [9.17, 15) is 9.18 Å². The van der Waals surface area contributed by atoms with Crippen LogP contribution in [0.5, 0.6) is 0 Å². The fourth-order valence-electron chi connectivity index (χ4n) is 2.31. The van der Waals surface area contributed by atoms with Crippen molar-refractivity contribution < 1.29 is 18.7 Å². The number of hydrogen-bond acceptors (Lipinski definition) is 6. The normalized spacial score (nSPS) is 11.3. The minimum absolute atomic E-state index is 0.0134. The molecule has 1 rings (SSSR count). The van der Waals surface area contributed by atoms with Crippen LogP contribution >= 0.6 is 0 Å². The van der Waals surface area contributed by atoms with E-state index >= 15 is 0 Å². The molecule has 0 spiro atoms.